The van der Waals surface area contributed by atoms with Crippen LogP contribution in [-0.4, -0.2) is 84.4 Å². The van der Waals surface area contributed by atoms with Crippen molar-refractivity contribution in [2.24, 2.45) is 16.8 Å². The monoisotopic (exact) mass is 818 g/mol. The minimum atomic E-state index is -0.668. The molecule has 2 aliphatic carbocycles. The Hall–Kier alpha value is -4.38. The normalized spacial score (nSPS) is 23.4. The standard InChI is InChI=1S/C44H64N7O6P/c1-27(2)40(50-43(54)57-5)42(53)45-22-7-6-10-35-11-8-9-34(26-46-35)32-16-19-38-33(24-32)17-20-37(49-38)31-14-12-30(13-15-31)25-47-41(52)39-21-18-36(51(39)56)23-28(3)29(4)48-44(55)58/h12,14,17,20,24,26-29,36,38-40,49H,6-11,13,15-16,18-19,21-23,25,58H2,1-5H3,(H3-,45,47,48,50,52,53,54,55)/p+1. The number of aliphatic imine (C=N–C) groups is 1. The van der Waals surface area contributed by atoms with Crippen molar-refractivity contribution in [2.75, 3.05) is 20.2 Å². The molecule has 3 heterocycles. The highest BCUT2D eigenvalue weighted by Gasteiger charge is 2.46. The first-order chi connectivity index (χ1) is 27.8. The summed E-state index contributed by atoms with van der Waals surface area (Å²) in [7, 11) is 3.41. The molecule has 0 saturated carbocycles. The van der Waals surface area contributed by atoms with E-state index in [1.807, 2.05) is 27.7 Å². The number of rotatable bonds is 17. The highest BCUT2D eigenvalue weighted by Crippen LogP contribution is 2.35. The van der Waals surface area contributed by atoms with Crippen LogP contribution >= 0.6 is 9.24 Å². The van der Waals surface area contributed by atoms with Crippen molar-refractivity contribution in [1.82, 2.24) is 26.6 Å². The predicted octanol–water partition coefficient (Wildman–Crippen LogP) is 6.74. The summed E-state index contributed by atoms with van der Waals surface area (Å²) < 4.78 is 5.63. The van der Waals surface area contributed by atoms with Gasteiger partial charge < -0.3 is 31.3 Å². The fraction of sp³-hybridized carbons (Fsp3) is 0.614. The van der Waals surface area contributed by atoms with Crippen molar-refractivity contribution < 1.29 is 28.7 Å². The van der Waals surface area contributed by atoms with Crippen LogP contribution in [0.25, 0.3) is 0 Å². The number of nitrogens with one attached hydrogen (secondary N) is 5. The second-order valence-electron chi connectivity index (χ2n) is 16.8. The first-order valence-corrected chi connectivity index (χ1v) is 21.8. The molecule has 0 radical (unpaired) electrons. The van der Waals surface area contributed by atoms with Gasteiger partial charge in [0.25, 0.3) is 11.9 Å². The van der Waals surface area contributed by atoms with Crippen LogP contribution in [0.5, 0.6) is 0 Å². The molecular weight excluding hydrogens is 754 g/mol. The number of unbranched alkanes of at least 4 members (excludes halogenated alkanes) is 1. The van der Waals surface area contributed by atoms with Crippen LogP contribution in [-0.2, 0) is 14.3 Å². The SMILES string of the molecule is COC(=O)NC(C(=O)NCCCCC1=NC=C(C2=CC3=CC=C(C4=CC=C(CNC(=O)C5CCC(CC(C)C(C)NC(=O)P)[N+]5=O)CC4)NC3CC2)CCC1)C(C)C. The van der Waals surface area contributed by atoms with Crippen molar-refractivity contribution in [3.05, 3.63) is 75.0 Å². The average Bonchev–Trinajstić information content (AvgIpc) is 3.40. The number of methoxy groups -OCH3 is 1. The highest BCUT2D eigenvalue weighted by molar-refractivity contribution is 7.39. The van der Waals surface area contributed by atoms with Crippen molar-refractivity contribution in [2.45, 2.75) is 141 Å². The molecule has 13 nitrogen and oxygen atoms in total. The topological polar surface area (TPSA) is 170 Å². The molecule has 0 aromatic rings. The Morgan fingerprint density at radius 1 is 0.914 bits per heavy atom. The van der Waals surface area contributed by atoms with E-state index >= 15 is 0 Å². The minimum Gasteiger partial charge on any atom is -0.453 e. The molecule has 7 unspecified atom stereocenters. The zero-order valence-electron chi connectivity index (χ0n) is 35.0. The van der Waals surface area contributed by atoms with Gasteiger partial charge in [-0.2, -0.15) is 0 Å². The number of amides is 4. The molecule has 0 aromatic carbocycles. The molecule has 7 atom stereocenters. The zero-order chi connectivity index (χ0) is 41.8. The molecule has 4 amide bonds. The van der Waals surface area contributed by atoms with Crippen LogP contribution in [0.3, 0.4) is 0 Å². The molecule has 0 spiro atoms. The fourth-order valence-corrected chi connectivity index (χ4v) is 8.70. The smallest absolute Gasteiger partial charge is 0.407 e. The van der Waals surface area contributed by atoms with Crippen LogP contribution in [0.4, 0.5) is 9.59 Å². The number of dihydropyridines is 1. The number of allylic oxidation sites excluding steroid dienone is 7. The van der Waals surface area contributed by atoms with Crippen molar-refractivity contribution in [3.63, 3.8) is 0 Å². The lowest BCUT2D eigenvalue weighted by Crippen LogP contribution is -2.49. The van der Waals surface area contributed by atoms with Gasteiger partial charge in [0.05, 0.1) is 13.2 Å². The molecule has 316 valence electrons. The van der Waals surface area contributed by atoms with Crippen LogP contribution in [0.2, 0.25) is 0 Å². The number of nitrogens with zero attached hydrogens (tertiary/aromatic N) is 2. The number of ether oxygens (including phenoxy) is 1. The van der Waals surface area contributed by atoms with Gasteiger partial charge in [-0.15, -0.1) is 0 Å². The van der Waals surface area contributed by atoms with Crippen molar-refractivity contribution in [1.29, 1.82) is 0 Å². The average molecular weight is 819 g/mol. The number of fused-ring (bicyclic) bond motifs is 1. The van der Waals surface area contributed by atoms with E-state index in [-0.39, 0.29) is 47.4 Å². The summed E-state index contributed by atoms with van der Waals surface area (Å²) in [5.74, 6) is -0.324. The third-order valence-electron chi connectivity index (χ3n) is 12.2. The first kappa shape index (κ1) is 44.7. The molecule has 5 N–H and O–H groups in total. The largest absolute Gasteiger partial charge is 0.453 e. The molecule has 58 heavy (non-hydrogen) atoms. The lowest BCUT2D eigenvalue weighted by Gasteiger charge is -2.32. The Morgan fingerprint density at radius 3 is 2.45 bits per heavy atom. The maximum Gasteiger partial charge on any atom is 0.407 e. The Kier molecular flexibility index (Phi) is 16.6. The van der Waals surface area contributed by atoms with E-state index in [0.29, 0.717) is 32.4 Å². The Morgan fingerprint density at radius 2 is 1.72 bits per heavy atom. The molecule has 1 fully saturated rings. The van der Waals surface area contributed by atoms with Gasteiger partial charge in [-0.25, -0.2) is 4.79 Å². The van der Waals surface area contributed by atoms with Crippen LogP contribution in [0.1, 0.15) is 111 Å². The first-order valence-electron chi connectivity index (χ1n) is 21.3. The van der Waals surface area contributed by atoms with Crippen molar-refractivity contribution in [3.8, 4) is 0 Å². The number of hydrogen-bond acceptors (Lipinski definition) is 8. The number of alkyl carbamates (subject to hydrolysis) is 1. The van der Waals surface area contributed by atoms with E-state index in [2.05, 4.69) is 77.1 Å². The molecule has 0 aromatic heterocycles. The highest BCUT2D eigenvalue weighted by atomic mass is 31.0. The molecule has 1 saturated heterocycles. The summed E-state index contributed by atoms with van der Waals surface area (Å²) >= 11 is 0. The maximum atomic E-state index is 13.0. The number of carbonyl (C=O) groups excluding carboxylic acids is 4. The van der Waals surface area contributed by atoms with Gasteiger partial charge in [0.15, 0.2) is 0 Å². The van der Waals surface area contributed by atoms with Gasteiger partial charge in [-0.3, -0.25) is 19.4 Å². The summed E-state index contributed by atoms with van der Waals surface area (Å²) in [6.07, 6.45) is 23.9. The van der Waals surface area contributed by atoms with E-state index < -0.39 is 18.2 Å². The Bertz CT molecular complexity index is 1790. The zero-order valence-corrected chi connectivity index (χ0v) is 36.2. The summed E-state index contributed by atoms with van der Waals surface area (Å²) in [5.41, 5.74) is 8.62. The number of carbonyl (C=O) groups is 4. The lowest BCUT2D eigenvalue weighted by atomic mass is 9.83. The van der Waals surface area contributed by atoms with E-state index in [9.17, 15) is 24.1 Å². The maximum absolute atomic E-state index is 13.0. The van der Waals surface area contributed by atoms with Crippen LogP contribution in [0.15, 0.2) is 75.1 Å². The Labute approximate surface area is 346 Å². The third-order valence-corrected chi connectivity index (χ3v) is 12.4. The Balaban J connectivity index is 1.07. The van der Waals surface area contributed by atoms with Crippen LogP contribution < -0.4 is 26.6 Å². The summed E-state index contributed by atoms with van der Waals surface area (Å²) in [4.78, 5) is 66.6. The van der Waals surface area contributed by atoms with E-state index in [1.54, 1.807) is 0 Å². The van der Waals surface area contributed by atoms with Crippen molar-refractivity contribution >= 4 is 38.5 Å². The second kappa shape index (κ2) is 21.6. The molecule has 3 aliphatic heterocycles. The number of nitroso groups, excluding NO2 is 1. The van der Waals surface area contributed by atoms with Gasteiger partial charge >= 0.3 is 6.09 Å². The summed E-state index contributed by atoms with van der Waals surface area (Å²) in [6, 6.07) is -1.29. The third kappa shape index (κ3) is 12.6. The summed E-state index contributed by atoms with van der Waals surface area (Å²) in [5, 5.41) is 15.2. The molecule has 0 bridgehead atoms. The van der Waals surface area contributed by atoms with E-state index in [4.69, 9.17) is 4.99 Å². The van der Waals surface area contributed by atoms with Crippen LogP contribution in [0, 0.1) is 16.7 Å². The molecule has 5 rings (SSSR count). The van der Waals surface area contributed by atoms with Gasteiger partial charge in [0.1, 0.15) is 6.04 Å². The van der Waals surface area contributed by atoms with Gasteiger partial charge in [0, 0.05) is 65.7 Å². The fourth-order valence-electron chi connectivity index (χ4n) is 8.44. The molecule has 5 aliphatic rings. The van der Waals surface area contributed by atoms with E-state index in [0.717, 1.165) is 80.2 Å². The minimum absolute atomic E-state index is 0.0452. The van der Waals surface area contributed by atoms with Gasteiger partial charge in [0.2, 0.25) is 17.6 Å². The number of hydrogen-bond donors (Lipinski definition) is 5. The second-order valence-corrected chi connectivity index (χ2v) is 17.3. The van der Waals surface area contributed by atoms with Gasteiger partial charge in [-0.05, 0) is 121 Å². The molecule has 14 heteroatoms. The lowest BCUT2D eigenvalue weighted by molar-refractivity contribution is -0.588. The predicted molar refractivity (Wildman–Crippen MR) is 231 cm³/mol. The van der Waals surface area contributed by atoms with E-state index in [1.165, 1.54) is 35.1 Å². The molecular formula is C44H65N7O6P+. The summed E-state index contributed by atoms with van der Waals surface area (Å²) in [6.45, 7) is 8.74. The quantitative estimate of drug-likeness (QED) is 0.0616. The van der Waals surface area contributed by atoms with Gasteiger partial charge in [-0.1, -0.05) is 50.6 Å².